The van der Waals surface area contributed by atoms with Gasteiger partial charge in [0, 0.05) is 12.8 Å². The minimum absolute atomic E-state index is 0.0358. The largest absolute Gasteiger partial charge is 0.472 e. The summed E-state index contributed by atoms with van der Waals surface area (Å²) in [6.07, 6.45) is 20.2. The molecule has 0 aromatic rings. The molecule has 0 heterocycles. The van der Waals surface area contributed by atoms with Crippen molar-refractivity contribution in [3.8, 4) is 0 Å². The van der Waals surface area contributed by atoms with Crippen molar-refractivity contribution in [2.24, 2.45) is 0 Å². The van der Waals surface area contributed by atoms with E-state index in [0.29, 0.717) is 23.9 Å². The fourth-order valence-electron chi connectivity index (χ4n) is 4.42. The molecule has 0 rings (SSSR count). The zero-order valence-electron chi connectivity index (χ0n) is 27.7. The van der Waals surface area contributed by atoms with Crippen molar-refractivity contribution in [2.45, 2.75) is 148 Å². The van der Waals surface area contributed by atoms with Gasteiger partial charge >= 0.3 is 19.8 Å². The molecule has 0 aliphatic carbocycles. The van der Waals surface area contributed by atoms with Crippen LogP contribution in [0.1, 0.15) is 142 Å². The summed E-state index contributed by atoms with van der Waals surface area (Å²) in [5.41, 5.74) is 0. The third kappa shape index (κ3) is 29.1. The zero-order chi connectivity index (χ0) is 31.5. The Morgan fingerprint density at radius 2 is 1.07 bits per heavy atom. The lowest BCUT2D eigenvalue weighted by molar-refractivity contribution is -0.870. The van der Waals surface area contributed by atoms with Crippen molar-refractivity contribution in [1.82, 2.24) is 0 Å². The lowest BCUT2D eigenvalue weighted by Gasteiger charge is -2.24. The van der Waals surface area contributed by atoms with Gasteiger partial charge in [-0.05, 0) is 12.8 Å². The summed E-state index contributed by atoms with van der Waals surface area (Å²) in [6, 6.07) is 0. The van der Waals surface area contributed by atoms with E-state index in [1.807, 2.05) is 21.1 Å². The van der Waals surface area contributed by atoms with E-state index in [2.05, 4.69) is 13.8 Å². The molecule has 9 nitrogen and oxygen atoms in total. The molecule has 10 heteroatoms. The van der Waals surface area contributed by atoms with Gasteiger partial charge in [0.1, 0.15) is 19.8 Å². The molecule has 0 bridgehead atoms. The number of carbonyl (C=O) groups excluding carboxylic acids is 2. The summed E-state index contributed by atoms with van der Waals surface area (Å²) < 4.78 is 33.9. The van der Waals surface area contributed by atoms with Crippen molar-refractivity contribution < 1.29 is 42.1 Å². The highest BCUT2D eigenvalue weighted by atomic mass is 31.2. The normalized spacial score (nSPS) is 14.0. The third-order valence-corrected chi connectivity index (χ3v) is 8.12. The van der Waals surface area contributed by atoms with Gasteiger partial charge in [0.25, 0.3) is 0 Å². The van der Waals surface area contributed by atoms with Crippen molar-refractivity contribution >= 4 is 19.8 Å². The van der Waals surface area contributed by atoms with Gasteiger partial charge in [0.15, 0.2) is 6.10 Å². The lowest BCUT2D eigenvalue weighted by Crippen LogP contribution is -2.37. The Morgan fingerprint density at radius 1 is 0.643 bits per heavy atom. The van der Waals surface area contributed by atoms with Gasteiger partial charge in [-0.1, -0.05) is 117 Å². The van der Waals surface area contributed by atoms with Gasteiger partial charge < -0.3 is 18.9 Å². The highest BCUT2D eigenvalue weighted by Gasteiger charge is 2.27. The van der Waals surface area contributed by atoms with Crippen LogP contribution >= 0.6 is 7.82 Å². The maximum atomic E-state index is 12.5. The second kappa shape index (κ2) is 26.4. The molecular weight excluding hydrogens is 557 g/mol. The van der Waals surface area contributed by atoms with E-state index >= 15 is 0 Å². The quantitative estimate of drug-likeness (QED) is 0.0370. The Balaban J connectivity index is 4.51. The summed E-state index contributed by atoms with van der Waals surface area (Å²) in [4.78, 5) is 34.8. The molecule has 0 aromatic carbocycles. The second-order valence-electron chi connectivity index (χ2n) is 12.6. The van der Waals surface area contributed by atoms with Crippen LogP contribution in [0.3, 0.4) is 0 Å². The molecule has 0 radical (unpaired) electrons. The van der Waals surface area contributed by atoms with E-state index in [4.69, 9.17) is 18.5 Å². The van der Waals surface area contributed by atoms with Crippen LogP contribution in [-0.4, -0.2) is 74.9 Å². The summed E-state index contributed by atoms with van der Waals surface area (Å²) >= 11 is 0. The van der Waals surface area contributed by atoms with E-state index in [1.54, 1.807) is 0 Å². The summed E-state index contributed by atoms with van der Waals surface area (Å²) in [5, 5.41) is 0. The van der Waals surface area contributed by atoms with Gasteiger partial charge in [-0.25, -0.2) is 4.57 Å². The van der Waals surface area contributed by atoms with E-state index in [1.165, 1.54) is 77.0 Å². The molecule has 0 aromatic heterocycles. The summed E-state index contributed by atoms with van der Waals surface area (Å²) in [7, 11) is 1.48. The first-order valence-corrected chi connectivity index (χ1v) is 18.3. The van der Waals surface area contributed by atoms with Crippen molar-refractivity contribution in [2.75, 3.05) is 47.5 Å². The zero-order valence-corrected chi connectivity index (χ0v) is 28.6. The summed E-state index contributed by atoms with van der Waals surface area (Å²) in [5.74, 6) is -0.801. The van der Waals surface area contributed by atoms with Crippen LogP contribution in [0.5, 0.6) is 0 Å². The minimum atomic E-state index is -4.35. The number of phosphoric ester groups is 1. The van der Waals surface area contributed by atoms with Crippen molar-refractivity contribution in [3.63, 3.8) is 0 Å². The number of esters is 2. The Hall–Kier alpha value is -0.990. The molecule has 0 fully saturated rings. The Bertz CT molecular complexity index is 713. The van der Waals surface area contributed by atoms with Gasteiger partial charge in [-0.3, -0.25) is 18.6 Å². The van der Waals surface area contributed by atoms with Crippen LogP contribution < -0.4 is 0 Å². The van der Waals surface area contributed by atoms with E-state index in [9.17, 15) is 19.0 Å². The third-order valence-electron chi connectivity index (χ3n) is 7.14. The molecule has 0 amide bonds. The maximum absolute atomic E-state index is 12.5. The molecular formula is C32H65NO8P+. The second-order valence-corrected chi connectivity index (χ2v) is 14.0. The molecule has 1 unspecified atom stereocenters. The van der Waals surface area contributed by atoms with E-state index < -0.39 is 26.5 Å². The van der Waals surface area contributed by atoms with Crippen LogP contribution in [0.25, 0.3) is 0 Å². The molecule has 0 spiro atoms. The van der Waals surface area contributed by atoms with Crippen LogP contribution in [0.2, 0.25) is 0 Å². The average Bonchev–Trinajstić information content (AvgIpc) is 2.92. The number of hydrogen-bond donors (Lipinski definition) is 1. The number of nitrogens with zero attached hydrogens (tertiary/aromatic N) is 1. The van der Waals surface area contributed by atoms with Gasteiger partial charge in [-0.15, -0.1) is 0 Å². The number of hydrogen-bond acceptors (Lipinski definition) is 7. The van der Waals surface area contributed by atoms with Gasteiger partial charge in [0.05, 0.1) is 27.7 Å². The average molecular weight is 623 g/mol. The summed E-state index contributed by atoms with van der Waals surface area (Å²) in [6.45, 7) is 4.36. The monoisotopic (exact) mass is 622 g/mol. The fourth-order valence-corrected chi connectivity index (χ4v) is 5.17. The first kappa shape index (κ1) is 41.0. The molecule has 1 N–H and O–H groups in total. The number of rotatable bonds is 30. The number of ether oxygens (including phenoxy) is 2. The smallest absolute Gasteiger partial charge is 0.462 e. The van der Waals surface area contributed by atoms with Crippen molar-refractivity contribution in [3.05, 3.63) is 0 Å². The lowest BCUT2D eigenvalue weighted by atomic mass is 10.1. The maximum Gasteiger partial charge on any atom is 0.472 e. The number of phosphoric acid groups is 1. The Morgan fingerprint density at radius 3 is 1.52 bits per heavy atom. The molecule has 42 heavy (non-hydrogen) atoms. The minimum Gasteiger partial charge on any atom is -0.462 e. The highest BCUT2D eigenvalue weighted by molar-refractivity contribution is 7.47. The number of quaternary nitrogens is 1. The standard InChI is InChI=1S/C32H64NO8P/c1-6-8-10-12-14-16-18-20-22-24-31(34)38-28-30(29-40-42(36,37)39-27-26-33(3,4)5)41-32(35)25-23-21-19-17-15-13-11-9-7-2/h30H,6-29H2,1-5H3/p+1/t30-/m1/s1. The number of likely N-dealkylation sites (N-methyl/N-ethyl adjacent to an activating group) is 1. The SMILES string of the molecule is CCCCCCCCCCCC(=O)OC[C@H](COP(=O)(O)OCC[N+](C)(C)C)OC(=O)CCCCCCCCCCC. The Labute approximate surface area is 257 Å². The number of unbranched alkanes of at least 4 members (excludes halogenated alkanes) is 16. The molecule has 0 aliphatic heterocycles. The van der Waals surface area contributed by atoms with Crippen LogP contribution in [-0.2, 0) is 32.7 Å². The van der Waals surface area contributed by atoms with Crippen LogP contribution in [0, 0.1) is 0 Å². The first-order valence-electron chi connectivity index (χ1n) is 16.8. The van der Waals surface area contributed by atoms with Gasteiger partial charge in [0.2, 0.25) is 0 Å². The predicted octanol–water partition coefficient (Wildman–Crippen LogP) is 8.12. The van der Waals surface area contributed by atoms with Gasteiger partial charge in [-0.2, -0.15) is 0 Å². The molecule has 250 valence electrons. The molecule has 0 saturated heterocycles. The number of carbonyl (C=O) groups is 2. The Kier molecular flexibility index (Phi) is 25.8. The van der Waals surface area contributed by atoms with Crippen LogP contribution in [0.4, 0.5) is 0 Å². The predicted molar refractivity (Wildman–Crippen MR) is 169 cm³/mol. The topological polar surface area (TPSA) is 108 Å². The van der Waals surface area contributed by atoms with Crippen molar-refractivity contribution in [1.29, 1.82) is 0 Å². The fraction of sp³-hybridized carbons (Fsp3) is 0.938. The molecule has 0 saturated carbocycles. The highest BCUT2D eigenvalue weighted by Crippen LogP contribution is 2.43. The first-order chi connectivity index (χ1) is 20.0. The molecule has 0 aliphatic rings. The van der Waals surface area contributed by atoms with E-state index in [-0.39, 0.29) is 25.6 Å². The van der Waals surface area contributed by atoms with E-state index in [0.717, 1.165) is 32.1 Å². The van der Waals surface area contributed by atoms with Crippen LogP contribution in [0.15, 0.2) is 0 Å². The molecule has 2 atom stereocenters.